The van der Waals surface area contributed by atoms with Gasteiger partial charge in [-0.1, -0.05) is 29.8 Å². The Hall–Kier alpha value is -2.13. The molecule has 1 aliphatic carbocycles. The maximum atomic E-state index is 12.5. The lowest BCUT2D eigenvalue weighted by Crippen LogP contribution is -2.38. The maximum absolute atomic E-state index is 12.5. The van der Waals surface area contributed by atoms with E-state index >= 15 is 0 Å². The summed E-state index contributed by atoms with van der Waals surface area (Å²) in [4.78, 5) is 6.04. The van der Waals surface area contributed by atoms with Crippen LogP contribution in [-0.2, 0) is 22.9 Å². The number of nitrogens with one attached hydrogen (secondary N) is 1. The molecule has 3 N–H and O–H groups in total. The Balaban J connectivity index is 1.38. The molecule has 0 amide bonds. The first kappa shape index (κ1) is 24.0. The van der Waals surface area contributed by atoms with E-state index in [0.717, 1.165) is 35.7 Å². The van der Waals surface area contributed by atoms with Crippen molar-refractivity contribution >= 4 is 27.5 Å². The summed E-state index contributed by atoms with van der Waals surface area (Å²) in [6, 6.07) is 14.1. The Morgan fingerprint density at radius 3 is 2.82 bits per heavy atom. The number of hydrogen-bond acceptors (Lipinski definition) is 6. The minimum Gasteiger partial charge on any atom is -0.492 e. The predicted octanol–water partition coefficient (Wildman–Crippen LogP) is 2.93. The van der Waals surface area contributed by atoms with Crippen molar-refractivity contribution in [2.75, 3.05) is 26.7 Å². The molecule has 7 nitrogen and oxygen atoms in total. The van der Waals surface area contributed by atoms with Crippen LogP contribution in [0, 0.1) is 0 Å². The Kier molecular flexibility index (Phi) is 7.28. The summed E-state index contributed by atoms with van der Waals surface area (Å²) in [6.07, 6.45) is 2.70. The van der Waals surface area contributed by atoms with Crippen molar-refractivity contribution < 1.29 is 13.2 Å². The van der Waals surface area contributed by atoms with Crippen molar-refractivity contribution in [2.24, 2.45) is 10.7 Å². The number of amidine groups is 1. The molecule has 0 saturated heterocycles. The molecule has 0 aromatic heterocycles. The highest BCUT2D eigenvalue weighted by molar-refractivity contribution is 7.90. The second-order valence-corrected chi connectivity index (χ2v) is 11.2. The van der Waals surface area contributed by atoms with Crippen LogP contribution in [0.2, 0.25) is 5.02 Å². The fourth-order valence-electron chi connectivity index (χ4n) is 4.50. The summed E-state index contributed by atoms with van der Waals surface area (Å²) in [7, 11) is -1.70. The summed E-state index contributed by atoms with van der Waals surface area (Å²) in [5, 5.41) is -0.0540. The van der Waals surface area contributed by atoms with Gasteiger partial charge in [0.25, 0.3) is 0 Å². The van der Waals surface area contributed by atoms with Gasteiger partial charge in [0.2, 0.25) is 10.0 Å². The van der Waals surface area contributed by atoms with Crippen LogP contribution in [0.1, 0.15) is 36.0 Å². The number of nitrogens with two attached hydrogens (primary N) is 1. The SMILES string of the molecule is CC1=NC(S(=O)(=O)NCCOc2ccc3c(c2)C(Cc2cccc(Cl)c2)C(N)CC3)CN1C. The van der Waals surface area contributed by atoms with Crippen LogP contribution in [0.4, 0.5) is 0 Å². The van der Waals surface area contributed by atoms with Crippen LogP contribution in [0.5, 0.6) is 5.75 Å². The van der Waals surface area contributed by atoms with Crippen LogP contribution < -0.4 is 15.2 Å². The van der Waals surface area contributed by atoms with Crippen molar-refractivity contribution in [1.29, 1.82) is 0 Å². The van der Waals surface area contributed by atoms with E-state index in [1.165, 1.54) is 11.1 Å². The number of likely N-dealkylation sites (N-methyl/N-ethyl adjacent to an activating group) is 1. The molecule has 0 fully saturated rings. The molecule has 2 aliphatic rings. The van der Waals surface area contributed by atoms with Crippen LogP contribution in [0.15, 0.2) is 47.5 Å². The Labute approximate surface area is 201 Å². The van der Waals surface area contributed by atoms with Crippen molar-refractivity contribution in [1.82, 2.24) is 9.62 Å². The van der Waals surface area contributed by atoms with E-state index in [-0.39, 0.29) is 25.1 Å². The van der Waals surface area contributed by atoms with Gasteiger partial charge in [0, 0.05) is 30.6 Å². The van der Waals surface area contributed by atoms with Gasteiger partial charge >= 0.3 is 0 Å². The minimum atomic E-state index is -3.54. The normalized spacial score (nSPS) is 22.7. The quantitative estimate of drug-likeness (QED) is 0.554. The molecular formula is C24H31ClN4O3S. The van der Waals surface area contributed by atoms with Gasteiger partial charge in [-0.25, -0.2) is 13.1 Å². The number of fused-ring (bicyclic) bond motifs is 1. The van der Waals surface area contributed by atoms with E-state index in [2.05, 4.69) is 27.9 Å². The minimum absolute atomic E-state index is 0.0621. The van der Waals surface area contributed by atoms with Gasteiger partial charge < -0.3 is 15.4 Å². The largest absolute Gasteiger partial charge is 0.492 e. The van der Waals surface area contributed by atoms with Crippen molar-refractivity contribution in [3.8, 4) is 5.75 Å². The van der Waals surface area contributed by atoms with E-state index in [1.54, 1.807) is 6.92 Å². The molecule has 178 valence electrons. The molecule has 0 radical (unpaired) electrons. The van der Waals surface area contributed by atoms with Gasteiger partial charge in [-0.2, -0.15) is 0 Å². The first-order valence-corrected chi connectivity index (χ1v) is 13.1. The molecule has 1 aliphatic heterocycles. The highest BCUT2D eigenvalue weighted by atomic mass is 35.5. The lowest BCUT2D eigenvalue weighted by atomic mass is 9.76. The average Bonchev–Trinajstić information content (AvgIpc) is 3.13. The molecule has 9 heteroatoms. The molecule has 0 bridgehead atoms. The number of sulfonamides is 1. The Morgan fingerprint density at radius 1 is 1.27 bits per heavy atom. The van der Waals surface area contributed by atoms with Gasteiger partial charge in [0.05, 0.1) is 12.4 Å². The number of nitrogens with zero attached hydrogens (tertiary/aromatic N) is 2. The third-order valence-electron chi connectivity index (χ3n) is 6.47. The van der Waals surface area contributed by atoms with Crippen LogP contribution in [-0.4, -0.2) is 57.3 Å². The molecule has 33 heavy (non-hydrogen) atoms. The first-order valence-electron chi connectivity index (χ1n) is 11.2. The maximum Gasteiger partial charge on any atom is 0.236 e. The Bertz CT molecular complexity index is 1140. The standard InChI is InChI=1S/C24H31ClN4O3S/c1-16-28-24(15-29(16)2)33(30,31)27-10-11-32-20-8-6-18-7-9-23(26)22(21(18)14-20)13-17-4-3-5-19(25)12-17/h3-6,8,12,14,22-24,27H,7,9-11,13,15,26H2,1-2H3. The molecule has 2 aromatic rings. The number of hydrogen-bond donors (Lipinski definition) is 2. The summed E-state index contributed by atoms with van der Waals surface area (Å²) in [5.41, 5.74) is 10.2. The lowest BCUT2D eigenvalue weighted by Gasteiger charge is -2.32. The average molecular weight is 491 g/mol. The van der Waals surface area contributed by atoms with Gasteiger partial charge in [-0.05, 0) is 67.1 Å². The fourth-order valence-corrected chi connectivity index (χ4v) is 5.98. The molecule has 3 unspecified atom stereocenters. The number of rotatable bonds is 8. The van der Waals surface area contributed by atoms with Crippen molar-refractivity contribution in [3.05, 3.63) is 64.2 Å². The van der Waals surface area contributed by atoms with E-state index in [1.807, 2.05) is 36.2 Å². The van der Waals surface area contributed by atoms with Gasteiger partial charge in [0.15, 0.2) is 5.37 Å². The molecule has 2 aromatic carbocycles. The van der Waals surface area contributed by atoms with Crippen LogP contribution in [0.25, 0.3) is 0 Å². The first-order chi connectivity index (χ1) is 15.7. The molecular weight excluding hydrogens is 460 g/mol. The topological polar surface area (TPSA) is 97.0 Å². The summed E-state index contributed by atoms with van der Waals surface area (Å²) >= 11 is 6.17. The zero-order chi connectivity index (χ0) is 23.6. The molecule has 4 rings (SSSR count). The monoisotopic (exact) mass is 490 g/mol. The zero-order valence-electron chi connectivity index (χ0n) is 19.0. The number of ether oxygens (including phenoxy) is 1. The molecule has 1 heterocycles. The summed E-state index contributed by atoms with van der Waals surface area (Å²) in [5.74, 6) is 1.61. The number of aryl methyl sites for hydroxylation is 1. The highest BCUT2D eigenvalue weighted by Crippen LogP contribution is 2.36. The second kappa shape index (κ2) is 10.0. The van der Waals surface area contributed by atoms with E-state index in [4.69, 9.17) is 22.1 Å². The molecule has 0 saturated carbocycles. The summed E-state index contributed by atoms with van der Waals surface area (Å²) < 4.78 is 33.5. The van der Waals surface area contributed by atoms with Gasteiger partial charge in [-0.15, -0.1) is 0 Å². The third-order valence-corrected chi connectivity index (χ3v) is 8.28. The van der Waals surface area contributed by atoms with E-state index in [0.29, 0.717) is 12.3 Å². The predicted molar refractivity (Wildman–Crippen MR) is 133 cm³/mol. The van der Waals surface area contributed by atoms with Crippen molar-refractivity contribution in [3.63, 3.8) is 0 Å². The smallest absolute Gasteiger partial charge is 0.236 e. The number of benzene rings is 2. The fraction of sp³-hybridized carbons (Fsp3) is 0.458. The van der Waals surface area contributed by atoms with Gasteiger partial charge in [0.1, 0.15) is 12.4 Å². The third kappa shape index (κ3) is 5.69. The van der Waals surface area contributed by atoms with E-state index < -0.39 is 15.4 Å². The second-order valence-electron chi connectivity index (χ2n) is 8.80. The van der Waals surface area contributed by atoms with Crippen molar-refractivity contribution in [2.45, 2.75) is 43.5 Å². The molecule has 0 spiro atoms. The van der Waals surface area contributed by atoms with E-state index in [9.17, 15) is 8.42 Å². The highest BCUT2D eigenvalue weighted by Gasteiger charge is 2.31. The molecule has 3 atom stereocenters. The lowest BCUT2D eigenvalue weighted by molar-refractivity contribution is 0.321. The Morgan fingerprint density at radius 2 is 2.09 bits per heavy atom. The number of aliphatic imine (C=N–C) groups is 1. The van der Waals surface area contributed by atoms with Crippen LogP contribution >= 0.6 is 11.6 Å². The zero-order valence-corrected chi connectivity index (χ0v) is 20.6. The van der Waals surface area contributed by atoms with Crippen LogP contribution in [0.3, 0.4) is 0 Å². The number of halogens is 1. The summed E-state index contributed by atoms with van der Waals surface area (Å²) in [6.45, 7) is 2.58. The van der Waals surface area contributed by atoms with Gasteiger partial charge in [-0.3, -0.25) is 4.99 Å².